The molecule has 0 amide bonds. The lowest BCUT2D eigenvalue weighted by Gasteiger charge is -2.34. The number of hydrazine groups is 1. The molecule has 0 saturated carbocycles. The Labute approximate surface area is 89.3 Å². The Kier molecular flexibility index (Phi) is 2.77. The minimum absolute atomic E-state index is 0.289. The van der Waals surface area contributed by atoms with Crippen molar-refractivity contribution in [2.45, 2.75) is 38.8 Å². The monoisotopic (exact) mass is 208 g/mol. The van der Waals surface area contributed by atoms with Gasteiger partial charge in [0, 0.05) is 13.1 Å². The summed E-state index contributed by atoms with van der Waals surface area (Å²) in [5.74, 6) is 5.48. The van der Waals surface area contributed by atoms with E-state index in [2.05, 4.69) is 0 Å². The van der Waals surface area contributed by atoms with Crippen molar-refractivity contribution in [2.24, 2.45) is 5.84 Å². The molecule has 0 aromatic carbocycles. The van der Waals surface area contributed by atoms with Gasteiger partial charge in [0.1, 0.15) is 0 Å². The van der Waals surface area contributed by atoms with Crippen molar-refractivity contribution in [3.05, 3.63) is 23.4 Å². The highest BCUT2D eigenvalue weighted by atomic mass is 16.6. The summed E-state index contributed by atoms with van der Waals surface area (Å²) >= 11 is 0. The summed E-state index contributed by atoms with van der Waals surface area (Å²) in [5.41, 5.74) is 2.45. The summed E-state index contributed by atoms with van der Waals surface area (Å²) in [5, 5.41) is 1.46. The molecule has 2 N–H and O–H groups in total. The molecule has 82 valence electrons. The van der Waals surface area contributed by atoms with Crippen molar-refractivity contribution in [2.75, 3.05) is 0 Å². The van der Waals surface area contributed by atoms with E-state index in [4.69, 9.17) is 10.6 Å². The molecule has 1 unspecified atom stereocenters. The zero-order chi connectivity index (χ0) is 10.8. The van der Waals surface area contributed by atoms with E-state index in [9.17, 15) is 4.79 Å². The van der Waals surface area contributed by atoms with Crippen molar-refractivity contribution < 1.29 is 9.53 Å². The fraction of sp³-hybridized carbons (Fsp3) is 0.545. The Morgan fingerprint density at radius 2 is 2.27 bits per heavy atom. The fourth-order valence-corrected chi connectivity index (χ4v) is 2.15. The standard InChI is InChI=1S/C11H16N2O2/c1-8(14)15-11-10-5-3-2-4-9(10)6-7-13(11)12/h6-7,11H,2-5,12H2,1H3. The zero-order valence-electron chi connectivity index (χ0n) is 8.90. The van der Waals surface area contributed by atoms with E-state index in [1.54, 1.807) is 6.20 Å². The molecule has 15 heavy (non-hydrogen) atoms. The van der Waals surface area contributed by atoms with Crippen LogP contribution >= 0.6 is 0 Å². The second kappa shape index (κ2) is 4.06. The molecule has 0 bridgehead atoms. The SMILES string of the molecule is CC(=O)OC1C2=C(C=CN1N)CCCC2. The van der Waals surface area contributed by atoms with E-state index in [0.29, 0.717) is 0 Å². The van der Waals surface area contributed by atoms with Crippen LogP contribution in [0.2, 0.25) is 0 Å². The third-order valence-electron chi connectivity index (χ3n) is 2.85. The Morgan fingerprint density at radius 1 is 1.53 bits per heavy atom. The molecule has 0 spiro atoms. The Hall–Kier alpha value is -1.29. The second-order valence-corrected chi connectivity index (χ2v) is 3.98. The number of ether oxygens (including phenoxy) is 1. The van der Waals surface area contributed by atoms with Gasteiger partial charge in [-0.2, -0.15) is 0 Å². The maximum Gasteiger partial charge on any atom is 0.304 e. The number of nitrogens with zero attached hydrogens (tertiary/aromatic N) is 1. The molecule has 2 aliphatic rings. The van der Waals surface area contributed by atoms with Crippen LogP contribution in [0.15, 0.2) is 23.4 Å². The van der Waals surface area contributed by atoms with Gasteiger partial charge in [-0.1, -0.05) is 0 Å². The highest BCUT2D eigenvalue weighted by Crippen LogP contribution is 2.32. The lowest BCUT2D eigenvalue weighted by Crippen LogP contribution is -2.43. The highest BCUT2D eigenvalue weighted by molar-refractivity contribution is 5.66. The second-order valence-electron chi connectivity index (χ2n) is 3.98. The van der Waals surface area contributed by atoms with Gasteiger partial charge in [0.15, 0.2) is 0 Å². The number of carbonyl (C=O) groups is 1. The Morgan fingerprint density at radius 3 is 3.00 bits per heavy atom. The number of nitrogens with two attached hydrogens (primary N) is 1. The van der Waals surface area contributed by atoms with Crippen LogP contribution in [0.25, 0.3) is 0 Å². The molecule has 1 atom stereocenters. The number of rotatable bonds is 1. The van der Waals surface area contributed by atoms with Crippen LogP contribution in [0, 0.1) is 0 Å². The van der Waals surface area contributed by atoms with Crippen LogP contribution in [0.5, 0.6) is 0 Å². The molecule has 0 aromatic heterocycles. The average Bonchev–Trinajstić information content (AvgIpc) is 2.22. The highest BCUT2D eigenvalue weighted by Gasteiger charge is 2.28. The van der Waals surface area contributed by atoms with Gasteiger partial charge in [-0.05, 0) is 42.9 Å². The summed E-state index contributed by atoms with van der Waals surface area (Å²) in [4.78, 5) is 11.0. The third-order valence-corrected chi connectivity index (χ3v) is 2.85. The predicted molar refractivity (Wildman–Crippen MR) is 56.2 cm³/mol. The van der Waals surface area contributed by atoms with Crippen molar-refractivity contribution in [3.8, 4) is 0 Å². The maximum absolute atomic E-state index is 11.0. The van der Waals surface area contributed by atoms with Gasteiger partial charge in [0.05, 0.1) is 0 Å². The van der Waals surface area contributed by atoms with Gasteiger partial charge in [-0.15, -0.1) is 0 Å². The van der Waals surface area contributed by atoms with Gasteiger partial charge < -0.3 is 4.74 Å². The van der Waals surface area contributed by atoms with Crippen molar-refractivity contribution in [1.29, 1.82) is 0 Å². The first kappa shape index (κ1) is 10.2. The van der Waals surface area contributed by atoms with Crippen LogP contribution in [-0.2, 0) is 9.53 Å². The normalized spacial score (nSPS) is 25.2. The molecule has 0 saturated heterocycles. The first-order chi connectivity index (χ1) is 7.18. The number of carbonyl (C=O) groups excluding carboxylic acids is 1. The molecule has 1 aliphatic heterocycles. The molecular weight excluding hydrogens is 192 g/mol. The Bertz CT molecular complexity index is 333. The van der Waals surface area contributed by atoms with Gasteiger partial charge in [-0.25, -0.2) is 5.84 Å². The van der Waals surface area contributed by atoms with Crippen LogP contribution in [-0.4, -0.2) is 17.2 Å². The molecule has 2 rings (SSSR count). The van der Waals surface area contributed by atoms with E-state index in [0.717, 1.165) is 19.3 Å². The summed E-state index contributed by atoms with van der Waals surface area (Å²) in [6.45, 7) is 1.41. The topological polar surface area (TPSA) is 55.6 Å². The summed E-state index contributed by atoms with van der Waals surface area (Å²) in [6.07, 6.45) is 7.82. The van der Waals surface area contributed by atoms with E-state index in [-0.39, 0.29) is 12.2 Å². The van der Waals surface area contributed by atoms with Crippen LogP contribution in [0.4, 0.5) is 0 Å². The van der Waals surface area contributed by atoms with Gasteiger partial charge >= 0.3 is 5.97 Å². The lowest BCUT2D eigenvalue weighted by atomic mass is 9.89. The third kappa shape index (κ3) is 2.04. The summed E-state index contributed by atoms with van der Waals surface area (Å²) in [6, 6.07) is 0. The first-order valence-electron chi connectivity index (χ1n) is 5.29. The molecular formula is C11H16N2O2. The van der Waals surface area contributed by atoms with Crippen LogP contribution in [0.3, 0.4) is 0 Å². The maximum atomic E-state index is 11.0. The van der Waals surface area contributed by atoms with Crippen LogP contribution in [0.1, 0.15) is 32.6 Å². The largest absolute Gasteiger partial charge is 0.436 e. The van der Waals surface area contributed by atoms with Gasteiger partial charge in [0.2, 0.25) is 6.23 Å². The van der Waals surface area contributed by atoms with E-state index in [1.165, 1.54) is 29.5 Å². The molecule has 1 aliphatic carbocycles. The van der Waals surface area contributed by atoms with Gasteiger partial charge in [0.25, 0.3) is 0 Å². The predicted octanol–water partition coefficient (Wildman–Crippen LogP) is 1.45. The van der Waals surface area contributed by atoms with E-state index in [1.807, 2.05) is 6.08 Å². The zero-order valence-corrected chi connectivity index (χ0v) is 8.90. The molecule has 1 heterocycles. The number of allylic oxidation sites excluding steroid dienone is 2. The van der Waals surface area contributed by atoms with Crippen molar-refractivity contribution in [1.82, 2.24) is 5.01 Å². The first-order valence-corrected chi connectivity index (χ1v) is 5.29. The smallest absolute Gasteiger partial charge is 0.304 e. The number of hydrogen-bond acceptors (Lipinski definition) is 4. The van der Waals surface area contributed by atoms with E-state index < -0.39 is 0 Å². The van der Waals surface area contributed by atoms with E-state index >= 15 is 0 Å². The van der Waals surface area contributed by atoms with Crippen molar-refractivity contribution >= 4 is 5.97 Å². The fourth-order valence-electron chi connectivity index (χ4n) is 2.15. The average molecular weight is 208 g/mol. The molecule has 0 aromatic rings. The van der Waals surface area contributed by atoms with Crippen molar-refractivity contribution in [3.63, 3.8) is 0 Å². The molecule has 0 fully saturated rings. The molecule has 0 radical (unpaired) electrons. The molecule has 4 nitrogen and oxygen atoms in total. The summed E-state index contributed by atoms with van der Waals surface area (Å²) < 4.78 is 5.23. The minimum atomic E-state index is -0.386. The van der Waals surface area contributed by atoms with Gasteiger partial charge in [-0.3, -0.25) is 9.80 Å². The number of hydrogen-bond donors (Lipinski definition) is 1. The minimum Gasteiger partial charge on any atom is -0.436 e. The quantitative estimate of drug-likeness (QED) is 0.523. The van der Waals surface area contributed by atoms with Crippen LogP contribution < -0.4 is 5.84 Å². The molecule has 4 heteroatoms. The number of esters is 1. The summed E-state index contributed by atoms with van der Waals surface area (Å²) in [7, 11) is 0. The Balaban J connectivity index is 2.23. The lowest BCUT2D eigenvalue weighted by molar-refractivity contribution is -0.151.